The Balaban J connectivity index is 4.31. The molecule has 0 unspecified atom stereocenters. The van der Waals surface area contributed by atoms with Crippen LogP contribution in [-0.4, -0.2) is 49.5 Å². The average Bonchev–Trinajstić information content (AvgIpc) is 2.08. The third kappa shape index (κ3) is 5.34. The molecule has 12 heteroatoms. The van der Waals surface area contributed by atoms with E-state index in [1.807, 2.05) is 0 Å². The van der Waals surface area contributed by atoms with Gasteiger partial charge in [0, 0.05) is 0 Å². The second kappa shape index (κ2) is 5.20. The van der Waals surface area contributed by atoms with Crippen LogP contribution in [0.1, 0.15) is 6.42 Å². The summed E-state index contributed by atoms with van der Waals surface area (Å²) in [6.07, 6.45) is -0.508. The van der Waals surface area contributed by atoms with Crippen LogP contribution in [0.15, 0.2) is 0 Å². The maximum absolute atomic E-state index is 12.5. The Kier molecular flexibility index (Phi) is 4.94. The van der Waals surface area contributed by atoms with Crippen molar-refractivity contribution >= 4 is 26.2 Å². The number of hydrogen-bond acceptors (Lipinski definition) is 6. The molecule has 0 aliphatic carbocycles. The van der Waals surface area contributed by atoms with E-state index in [9.17, 15) is 30.4 Å². The maximum atomic E-state index is 12.5. The molecule has 0 saturated carbocycles. The van der Waals surface area contributed by atoms with E-state index in [0.29, 0.717) is 0 Å². The smallest absolute Gasteiger partial charge is 0.460 e. The monoisotopic (exact) mass is 298 g/mol. The van der Waals surface area contributed by atoms with E-state index >= 15 is 0 Å². The Morgan fingerprint density at radius 3 is 2.00 bits per heavy atom. The predicted octanol–water partition coefficient (Wildman–Crippen LogP) is -0.712. The minimum atomic E-state index is -5.94. The van der Waals surface area contributed by atoms with E-state index < -0.39 is 50.2 Å². The molecule has 0 heterocycles. The molecule has 0 aromatic rings. The summed E-state index contributed by atoms with van der Waals surface area (Å²) in [6.45, 7) is -0.857. The number of esters is 1. The van der Waals surface area contributed by atoms with Crippen LogP contribution in [0.25, 0.3) is 0 Å². The molecule has 0 aromatic heterocycles. The van der Waals surface area contributed by atoms with Crippen LogP contribution in [0.5, 0.6) is 0 Å². The van der Waals surface area contributed by atoms with E-state index in [1.165, 1.54) is 0 Å². The summed E-state index contributed by atoms with van der Waals surface area (Å²) in [5, 5.41) is -5.12. The van der Waals surface area contributed by atoms with Crippen molar-refractivity contribution < 1.29 is 44.3 Å². The van der Waals surface area contributed by atoms with Gasteiger partial charge in [0.2, 0.25) is 0 Å². The minimum Gasteiger partial charge on any atom is -0.460 e. The highest BCUT2D eigenvalue weighted by molar-refractivity contribution is 7.87. The fraction of sp³-hybridized carbons (Fsp3) is 0.800. The molecule has 8 nitrogen and oxygen atoms in total. The number of rotatable bonds is 6. The van der Waals surface area contributed by atoms with Gasteiger partial charge >= 0.3 is 21.3 Å². The lowest BCUT2D eigenvalue weighted by atomic mass is 10.5. The van der Waals surface area contributed by atoms with Crippen molar-refractivity contribution in [2.24, 2.45) is 0 Å². The van der Waals surface area contributed by atoms with Crippen LogP contribution in [0.2, 0.25) is 0 Å². The molecule has 0 radical (unpaired) electrons. The van der Waals surface area contributed by atoms with E-state index in [0.717, 1.165) is 0 Å². The molecule has 17 heavy (non-hydrogen) atoms. The Bertz CT molecular complexity index is 478. The molecule has 0 aromatic carbocycles. The first kappa shape index (κ1) is 16.1. The first-order valence-electron chi connectivity index (χ1n) is 3.85. The molecule has 0 aliphatic heterocycles. The zero-order valence-electron chi connectivity index (χ0n) is 8.04. The van der Waals surface area contributed by atoms with Crippen LogP contribution in [0.3, 0.4) is 0 Å². The van der Waals surface area contributed by atoms with Crippen LogP contribution in [0.4, 0.5) is 8.78 Å². The molecule has 102 valence electrons. The molecule has 0 rings (SSSR count). The van der Waals surface area contributed by atoms with Crippen molar-refractivity contribution in [3.8, 4) is 0 Å². The SMILES string of the molecule is O=C(OCCCS(=O)(=O)O)C(F)(F)S(=O)(=O)O. The van der Waals surface area contributed by atoms with Crippen LogP contribution in [-0.2, 0) is 29.8 Å². The van der Waals surface area contributed by atoms with Crippen LogP contribution in [0, 0.1) is 0 Å². The van der Waals surface area contributed by atoms with Gasteiger partial charge in [-0.15, -0.1) is 0 Å². The topological polar surface area (TPSA) is 135 Å². The van der Waals surface area contributed by atoms with Gasteiger partial charge in [-0.25, -0.2) is 4.79 Å². The molecule has 0 atom stereocenters. The zero-order chi connectivity index (χ0) is 13.9. The fourth-order valence-electron chi connectivity index (χ4n) is 0.596. The average molecular weight is 298 g/mol. The second-order valence-electron chi connectivity index (χ2n) is 2.77. The highest BCUT2D eigenvalue weighted by atomic mass is 32.2. The number of ether oxygens (including phenoxy) is 1. The van der Waals surface area contributed by atoms with Gasteiger partial charge in [0.25, 0.3) is 10.1 Å². The largest absolute Gasteiger partial charge is 0.465 e. The van der Waals surface area contributed by atoms with Crippen molar-refractivity contribution in [2.45, 2.75) is 11.7 Å². The molecule has 0 bridgehead atoms. The van der Waals surface area contributed by atoms with Crippen LogP contribution < -0.4 is 0 Å². The van der Waals surface area contributed by atoms with E-state index in [-0.39, 0.29) is 0 Å². The Morgan fingerprint density at radius 2 is 1.65 bits per heavy atom. The van der Waals surface area contributed by atoms with Gasteiger partial charge in [0.05, 0.1) is 12.4 Å². The summed E-state index contributed by atoms with van der Waals surface area (Å²) in [5.41, 5.74) is 0. The molecule has 0 saturated heterocycles. The van der Waals surface area contributed by atoms with Crippen molar-refractivity contribution in [1.82, 2.24) is 0 Å². The van der Waals surface area contributed by atoms with Gasteiger partial charge in [0.1, 0.15) is 0 Å². The highest BCUT2D eigenvalue weighted by Crippen LogP contribution is 2.22. The summed E-state index contributed by atoms with van der Waals surface area (Å²) < 4.78 is 85.4. The van der Waals surface area contributed by atoms with E-state index in [4.69, 9.17) is 9.11 Å². The molecule has 0 amide bonds. The number of carbonyl (C=O) groups excluding carboxylic acids is 1. The molecule has 0 spiro atoms. The Morgan fingerprint density at radius 1 is 1.18 bits per heavy atom. The van der Waals surface area contributed by atoms with Crippen LogP contribution >= 0.6 is 0 Å². The predicted molar refractivity (Wildman–Crippen MR) is 48.5 cm³/mol. The molecule has 0 aliphatic rings. The molecular formula is C5H8F2O8S2. The van der Waals surface area contributed by atoms with Crippen molar-refractivity contribution in [1.29, 1.82) is 0 Å². The second-order valence-corrected chi connectivity index (χ2v) is 5.80. The quantitative estimate of drug-likeness (QED) is 0.373. The summed E-state index contributed by atoms with van der Waals surface area (Å²) in [4.78, 5) is 10.5. The summed E-state index contributed by atoms with van der Waals surface area (Å²) >= 11 is 0. The molecule has 0 fully saturated rings. The highest BCUT2D eigenvalue weighted by Gasteiger charge is 2.54. The van der Waals surface area contributed by atoms with Crippen molar-refractivity contribution in [3.05, 3.63) is 0 Å². The molecular weight excluding hydrogens is 290 g/mol. The lowest BCUT2D eigenvalue weighted by Gasteiger charge is -2.11. The standard InChI is InChI=1S/C5H8F2O8S2/c6-5(7,17(12,13)14)4(8)15-2-1-3-16(9,10)11/h1-3H2,(H,9,10,11)(H,12,13,14). The van der Waals surface area contributed by atoms with Gasteiger partial charge in [-0.05, 0) is 6.42 Å². The Labute approximate surface area is 95.1 Å². The third-order valence-electron chi connectivity index (χ3n) is 1.34. The van der Waals surface area contributed by atoms with Gasteiger partial charge in [-0.1, -0.05) is 0 Å². The van der Waals surface area contributed by atoms with Gasteiger partial charge in [-0.2, -0.15) is 25.6 Å². The van der Waals surface area contributed by atoms with E-state index in [1.54, 1.807) is 0 Å². The normalized spacial score (nSPS) is 13.4. The lowest BCUT2D eigenvalue weighted by molar-refractivity contribution is -0.161. The molecule has 2 N–H and O–H groups in total. The van der Waals surface area contributed by atoms with Gasteiger partial charge < -0.3 is 4.74 Å². The first-order valence-corrected chi connectivity index (χ1v) is 6.90. The van der Waals surface area contributed by atoms with Crippen molar-refractivity contribution in [3.63, 3.8) is 0 Å². The zero-order valence-corrected chi connectivity index (χ0v) is 9.67. The third-order valence-corrected chi connectivity index (χ3v) is 2.96. The maximum Gasteiger partial charge on any atom is 0.465 e. The number of halogens is 2. The summed E-state index contributed by atoms with van der Waals surface area (Å²) in [6, 6.07) is 0. The Hall–Kier alpha value is -0.850. The number of carbonyl (C=O) groups is 1. The number of hydrogen-bond donors (Lipinski definition) is 2. The fourth-order valence-corrected chi connectivity index (χ4v) is 1.35. The van der Waals surface area contributed by atoms with E-state index in [2.05, 4.69) is 4.74 Å². The van der Waals surface area contributed by atoms with Gasteiger partial charge in [-0.3, -0.25) is 9.11 Å². The van der Waals surface area contributed by atoms with Gasteiger partial charge in [0.15, 0.2) is 0 Å². The summed E-state index contributed by atoms with van der Waals surface area (Å²) in [7, 11) is -10.3. The minimum absolute atomic E-state index is 0.508. The van der Waals surface area contributed by atoms with Crippen molar-refractivity contribution in [2.75, 3.05) is 12.4 Å². The first-order chi connectivity index (χ1) is 7.38. The lowest BCUT2D eigenvalue weighted by Crippen LogP contribution is -2.39. The summed E-state index contributed by atoms with van der Waals surface area (Å²) in [5.74, 6) is -3.38. The number of alkyl halides is 2.